The van der Waals surface area contributed by atoms with E-state index in [0.717, 1.165) is 0 Å². The summed E-state index contributed by atoms with van der Waals surface area (Å²) >= 11 is 0. The van der Waals surface area contributed by atoms with Gasteiger partial charge in [-0.15, -0.1) is 0 Å². The molecule has 1 N–H and O–H groups in total. The van der Waals surface area contributed by atoms with Crippen LogP contribution in [-0.2, 0) is 30.7 Å². The minimum Gasteiger partial charge on any atom is -0.295 e. The molecule has 122 valence electrons. The lowest BCUT2D eigenvalue weighted by Crippen LogP contribution is -2.27. The molecule has 0 aliphatic rings. The SMILES string of the molecule is Cn1c(=O)n(C)c2cc(S(=O)(=O)NCCn3cncn3)ccc21. The minimum atomic E-state index is -3.66. The van der Waals surface area contributed by atoms with Crippen LogP contribution in [0.3, 0.4) is 0 Å². The summed E-state index contributed by atoms with van der Waals surface area (Å²) in [6.45, 7) is 0.572. The number of aromatic nitrogens is 5. The number of rotatable bonds is 5. The summed E-state index contributed by atoms with van der Waals surface area (Å²) < 4.78 is 31.7. The topological polar surface area (TPSA) is 104 Å². The van der Waals surface area contributed by atoms with E-state index in [4.69, 9.17) is 0 Å². The normalized spacial score (nSPS) is 12.1. The van der Waals surface area contributed by atoms with Crippen LogP contribution in [0, 0.1) is 0 Å². The molecular weight excluding hydrogens is 320 g/mol. The Morgan fingerprint density at radius 1 is 1.17 bits per heavy atom. The molecule has 0 spiro atoms. The van der Waals surface area contributed by atoms with E-state index in [1.54, 1.807) is 20.2 Å². The molecule has 0 radical (unpaired) electrons. The molecule has 10 heteroatoms. The lowest BCUT2D eigenvalue weighted by atomic mass is 10.3. The summed E-state index contributed by atoms with van der Waals surface area (Å²) in [7, 11) is -0.403. The first-order valence-corrected chi connectivity index (χ1v) is 8.36. The van der Waals surface area contributed by atoms with Gasteiger partial charge in [0.15, 0.2) is 0 Å². The smallest absolute Gasteiger partial charge is 0.295 e. The Kier molecular flexibility index (Phi) is 3.78. The van der Waals surface area contributed by atoms with Crippen LogP contribution in [0.15, 0.2) is 40.5 Å². The van der Waals surface area contributed by atoms with Gasteiger partial charge in [0.05, 0.1) is 22.5 Å². The van der Waals surface area contributed by atoms with Crippen molar-refractivity contribution in [1.82, 2.24) is 28.6 Å². The van der Waals surface area contributed by atoms with E-state index in [1.807, 2.05) is 0 Å². The largest absolute Gasteiger partial charge is 0.328 e. The zero-order valence-corrected chi connectivity index (χ0v) is 13.5. The van der Waals surface area contributed by atoms with Gasteiger partial charge in [-0.25, -0.2) is 22.9 Å². The van der Waals surface area contributed by atoms with Gasteiger partial charge in [-0.2, -0.15) is 5.10 Å². The van der Waals surface area contributed by atoms with Crippen molar-refractivity contribution in [3.63, 3.8) is 0 Å². The van der Waals surface area contributed by atoms with Crippen LogP contribution in [0.5, 0.6) is 0 Å². The molecule has 0 aliphatic heterocycles. The number of aryl methyl sites for hydroxylation is 2. The fourth-order valence-corrected chi connectivity index (χ4v) is 3.42. The van der Waals surface area contributed by atoms with E-state index in [-0.39, 0.29) is 17.1 Å². The van der Waals surface area contributed by atoms with Gasteiger partial charge in [0.1, 0.15) is 12.7 Å². The van der Waals surface area contributed by atoms with Crippen molar-refractivity contribution in [1.29, 1.82) is 0 Å². The molecule has 23 heavy (non-hydrogen) atoms. The highest BCUT2D eigenvalue weighted by Gasteiger charge is 2.16. The van der Waals surface area contributed by atoms with Crippen molar-refractivity contribution < 1.29 is 8.42 Å². The molecule has 0 saturated carbocycles. The fourth-order valence-electron chi connectivity index (χ4n) is 2.38. The Labute approximate surface area is 132 Å². The molecule has 1 aromatic carbocycles. The summed E-state index contributed by atoms with van der Waals surface area (Å²) in [5.41, 5.74) is 1.05. The second-order valence-corrected chi connectivity index (χ2v) is 6.87. The van der Waals surface area contributed by atoms with Gasteiger partial charge in [-0.1, -0.05) is 0 Å². The number of nitrogens with zero attached hydrogens (tertiary/aromatic N) is 5. The third-order valence-electron chi connectivity index (χ3n) is 3.65. The molecule has 0 atom stereocenters. The van der Waals surface area contributed by atoms with E-state index in [9.17, 15) is 13.2 Å². The molecule has 0 aliphatic carbocycles. The van der Waals surface area contributed by atoms with Crippen LogP contribution in [-0.4, -0.2) is 38.9 Å². The number of benzene rings is 1. The number of imidazole rings is 1. The summed E-state index contributed by atoms with van der Waals surface area (Å²) in [6.07, 6.45) is 2.90. The molecule has 9 nitrogen and oxygen atoms in total. The highest BCUT2D eigenvalue weighted by molar-refractivity contribution is 7.89. The van der Waals surface area contributed by atoms with Crippen LogP contribution in [0.2, 0.25) is 0 Å². The molecule has 0 unspecified atom stereocenters. The molecule has 3 aromatic rings. The minimum absolute atomic E-state index is 0.116. The maximum absolute atomic E-state index is 12.4. The first-order valence-electron chi connectivity index (χ1n) is 6.88. The lowest BCUT2D eigenvalue weighted by molar-refractivity contribution is 0.560. The predicted octanol–water partition coefficient (Wildman–Crippen LogP) is -0.553. The van der Waals surface area contributed by atoms with Gasteiger partial charge < -0.3 is 0 Å². The van der Waals surface area contributed by atoms with E-state index in [0.29, 0.717) is 17.6 Å². The zero-order chi connectivity index (χ0) is 16.6. The number of hydrogen-bond donors (Lipinski definition) is 1. The van der Waals surface area contributed by atoms with Gasteiger partial charge in [0.2, 0.25) is 10.0 Å². The molecule has 2 aromatic heterocycles. The lowest BCUT2D eigenvalue weighted by Gasteiger charge is -2.07. The van der Waals surface area contributed by atoms with Crippen molar-refractivity contribution in [3.8, 4) is 0 Å². The van der Waals surface area contributed by atoms with Crippen LogP contribution in [0.25, 0.3) is 11.0 Å². The molecule has 2 heterocycles. The van der Waals surface area contributed by atoms with Gasteiger partial charge in [-0.05, 0) is 18.2 Å². The maximum atomic E-state index is 12.4. The third kappa shape index (κ3) is 2.78. The fraction of sp³-hybridized carbons (Fsp3) is 0.308. The van der Waals surface area contributed by atoms with E-state index in [2.05, 4.69) is 14.8 Å². The first kappa shape index (κ1) is 15.4. The monoisotopic (exact) mass is 336 g/mol. The van der Waals surface area contributed by atoms with E-state index in [1.165, 1.54) is 38.6 Å². The van der Waals surface area contributed by atoms with Gasteiger partial charge >= 0.3 is 5.69 Å². The van der Waals surface area contributed by atoms with Gasteiger partial charge in [-0.3, -0.25) is 13.8 Å². The average molecular weight is 336 g/mol. The maximum Gasteiger partial charge on any atom is 0.328 e. The summed E-state index contributed by atoms with van der Waals surface area (Å²) in [6, 6.07) is 4.61. The summed E-state index contributed by atoms with van der Waals surface area (Å²) in [5, 5.41) is 3.90. The average Bonchev–Trinajstić information content (AvgIpc) is 3.11. The molecule has 0 fully saturated rings. The first-order chi connectivity index (χ1) is 10.9. The Hall–Kier alpha value is -2.46. The number of fused-ring (bicyclic) bond motifs is 1. The standard InChI is InChI=1S/C13H16N6O3S/c1-17-11-4-3-10(7-12(11)18(2)13(17)20)23(21,22)16-5-6-19-9-14-8-15-19/h3-4,7-9,16H,5-6H2,1-2H3. The number of sulfonamides is 1. The van der Waals surface area contributed by atoms with Crippen LogP contribution >= 0.6 is 0 Å². The molecule has 3 rings (SSSR count). The highest BCUT2D eigenvalue weighted by Crippen LogP contribution is 2.17. The third-order valence-corrected chi connectivity index (χ3v) is 5.11. The van der Waals surface area contributed by atoms with Crippen LogP contribution in [0.4, 0.5) is 0 Å². The van der Waals surface area contributed by atoms with Crippen molar-refractivity contribution in [2.24, 2.45) is 14.1 Å². The second-order valence-electron chi connectivity index (χ2n) is 5.11. The number of hydrogen-bond acceptors (Lipinski definition) is 5. The van der Waals surface area contributed by atoms with Crippen LogP contribution in [0.1, 0.15) is 0 Å². The zero-order valence-electron chi connectivity index (χ0n) is 12.7. The van der Waals surface area contributed by atoms with Crippen molar-refractivity contribution >= 4 is 21.1 Å². The molecule has 0 amide bonds. The number of nitrogens with one attached hydrogen (secondary N) is 1. The molecule has 0 saturated heterocycles. The summed E-state index contributed by atoms with van der Waals surface area (Å²) in [4.78, 5) is 15.8. The Balaban J connectivity index is 1.86. The van der Waals surface area contributed by atoms with E-state index < -0.39 is 10.0 Å². The molecule has 0 bridgehead atoms. The summed E-state index contributed by atoms with van der Waals surface area (Å²) in [5.74, 6) is 0. The van der Waals surface area contributed by atoms with E-state index >= 15 is 0 Å². The van der Waals surface area contributed by atoms with Crippen molar-refractivity contribution in [2.75, 3.05) is 6.54 Å². The van der Waals surface area contributed by atoms with Crippen molar-refractivity contribution in [2.45, 2.75) is 11.4 Å². The second kappa shape index (κ2) is 5.63. The predicted molar refractivity (Wildman–Crippen MR) is 83.4 cm³/mol. The Bertz CT molecular complexity index is 1000. The van der Waals surface area contributed by atoms with Gasteiger partial charge in [0.25, 0.3) is 0 Å². The quantitative estimate of drug-likeness (QED) is 0.673. The molecular formula is C13H16N6O3S. The van der Waals surface area contributed by atoms with Crippen molar-refractivity contribution in [3.05, 3.63) is 41.3 Å². The van der Waals surface area contributed by atoms with Gasteiger partial charge in [0, 0.05) is 20.6 Å². The Morgan fingerprint density at radius 2 is 1.91 bits per heavy atom. The highest BCUT2D eigenvalue weighted by atomic mass is 32.2. The van der Waals surface area contributed by atoms with Crippen LogP contribution < -0.4 is 10.4 Å². The Morgan fingerprint density at radius 3 is 2.61 bits per heavy atom.